The molecule has 1 aromatic rings. The number of hydrogen-bond donors (Lipinski definition) is 2. The van der Waals surface area contributed by atoms with E-state index < -0.39 is 6.10 Å². The van der Waals surface area contributed by atoms with Crippen molar-refractivity contribution in [2.24, 2.45) is 0 Å². The molecule has 1 saturated heterocycles. The molecule has 0 amide bonds. The van der Waals surface area contributed by atoms with Gasteiger partial charge in [0.2, 0.25) is 0 Å². The summed E-state index contributed by atoms with van der Waals surface area (Å²) in [5, 5.41) is 13.2. The summed E-state index contributed by atoms with van der Waals surface area (Å²) in [6.07, 6.45) is -0.599. The molecule has 0 bridgehead atoms. The van der Waals surface area contributed by atoms with Crippen molar-refractivity contribution < 1.29 is 14.2 Å². The molecule has 5 heteroatoms. The van der Waals surface area contributed by atoms with Crippen molar-refractivity contribution in [3.8, 4) is 5.75 Å². The summed E-state index contributed by atoms with van der Waals surface area (Å²) < 4.78 is 19.0. The van der Waals surface area contributed by atoms with Crippen molar-refractivity contribution in [1.82, 2.24) is 10.2 Å². The maximum absolute atomic E-state index is 13.7. The van der Waals surface area contributed by atoms with E-state index in [2.05, 4.69) is 10.2 Å². The second-order valence-corrected chi connectivity index (χ2v) is 4.90. The van der Waals surface area contributed by atoms with Crippen LogP contribution in [0.3, 0.4) is 0 Å². The van der Waals surface area contributed by atoms with E-state index in [0.29, 0.717) is 12.1 Å². The van der Waals surface area contributed by atoms with Gasteiger partial charge < -0.3 is 15.2 Å². The Morgan fingerprint density at radius 1 is 1.42 bits per heavy atom. The quantitative estimate of drug-likeness (QED) is 0.828. The Balaban J connectivity index is 1.79. The second kappa shape index (κ2) is 6.84. The molecule has 106 valence electrons. The molecule has 0 aliphatic carbocycles. The highest BCUT2D eigenvalue weighted by molar-refractivity contribution is 5.30. The van der Waals surface area contributed by atoms with E-state index in [-0.39, 0.29) is 18.2 Å². The number of piperazine rings is 1. The minimum Gasteiger partial charge on any atom is -0.488 e. The van der Waals surface area contributed by atoms with Crippen LogP contribution in [0.25, 0.3) is 0 Å². The fraction of sp³-hybridized carbons (Fsp3) is 0.571. The highest BCUT2D eigenvalue weighted by Gasteiger charge is 2.15. The number of β-amino-alcohol motifs (C(OH)–C–C–N with tert-alkyl or cyclic N) is 1. The van der Waals surface area contributed by atoms with Gasteiger partial charge in [-0.3, -0.25) is 4.90 Å². The predicted octanol–water partition coefficient (Wildman–Crippen LogP) is 0.779. The highest BCUT2D eigenvalue weighted by atomic mass is 19.1. The van der Waals surface area contributed by atoms with Gasteiger partial charge in [-0.15, -0.1) is 0 Å². The van der Waals surface area contributed by atoms with Crippen molar-refractivity contribution in [2.45, 2.75) is 13.0 Å². The van der Waals surface area contributed by atoms with Crippen LogP contribution < -0.4 is 10.1 Å². The molecule has 1 fully saturated rings. The lowest BCUT2D eigenvalue weighted by atomic mass is 10.2. The minimum absolute atomic E-state index is 0.115. The third kappa shape index (κ3) is 4.16. The SMILES string of the molecule is Cc1cccc(OCC(O)CN2CCNCC2)c1F. The van der Waals surface area contributed by atoms with Crippen LogP contribution in [0.1, 0.15) is 5.56 Å². The van der Waals surface area contributed by atoms with Crippen molar-refractivity contribution in [3.05, 3.63) is 29.6 Å². The van der Waals surface area contributed by atoms with Crippen LogP contribution in [0.5, 0.6) is 5.75 Å². The van der Waals surface area contributed by atoms with E-state index >= 15 is 0 Å². The van der Waals surface area contributed by atoms with Crippen molar-refractivity contribution in [3.63, 3.8) is 0 Å². The molecule has 0 saturated carbocycles. The fourth-order valence-electron chi connectivity index (χ4n) is 2.16. The molecule has 0 spiro atoms. The molecule has 1 aromatic carbocycles. The third-order valence-electron chi connectivity index (χ3n) is 3.27. The molecule has 1 aliphatic rings. The number of nitrogens with zero attached hydrogens (tertiary/aromatic N) is 1. The predicted molar refractivity (Wildman–Crippen MR) is 71.9 cm³/mol. The van der Waals surface area contributed by atoms with E-state index in [1.54, 1.807) is 25.1 Å². The monoisotopic (exact) mass is 268 g/mol. The number of nitrogens with one attached hydrogen (secondary N) is 1. The summed E-state index contributed by atoms with van der Waals surface area (Å²) in [5.41, 5.74) is 0.550. The fourth-order valence-corrected chi connectivity index (χ4v) is 2.16. The van der Waals surface area contributed by atoms with Gasteiger partial charge >= 0.3 is 0 Å². The summed E-state index contributed by atoms with van der Waals surface area (Å²) in [6.45, 7) is 6.12. The number of hydrogen-bond acceptors (Lipinski definition) is 4. The standard InChI is InChI=1S/C14H21FN2O2/c1-11-3-2-4-13(14(11)15)19-10-12(18)9-17-7-5-16-6-8-17/h2-4,12,16,18H,5-10H2,1H3. The smallest absolute Gasteiger partial charge is 0.167 e. The van der Waals surface area contributed by atoms with Gasteiger partial charge in [-0.2, -0.15) is 0 Å². The van der Waals surface area contributed by atoms with Crippen LogP contribution in [0.15, 0.2) is 18.2 Å². The van der Waals surface area contributed by atoms with Crippen LogP contribution in [0.4, 0.5) is 4.39 Å². The molecule has 1 heterocycles. The number of aliphatic hydroxyl groups is 1. The van der Waals surface area contributed by atoms with Gasteiger partial charge in [-0.1, -0.05) is 12.1 Å². The van der Waals surface area contributed by atoms with E-state index in [1.165, 1.54) is 0 Å². The second-order valence-electron chi connectivity index (χ2n) is 4.90. The first kappa shape index (κ1) is 14.2. The summed E-state index contributed by atoms with van der Waals surface area (Å²) in [6, 6.07) is 5.02. The van der Waals surface area contributed by atoms with Gasteiger partial charge in [0.05, 0.1) is 0 Å². The highest BCUT2D eigenvalue weighted by Crippen LogP contribution is 2.19. The van der Waals surface area contributed by atoms with Gasteiger partial charge in [-0.05, 0) is 18.6 Å². The third-order valence-corrected chi connectivity index (χ3v) is 3.27. The van der Waals surface area contributed by atoms with E-state index in [1.807, 2.05) is 0 Å². The Hall–Kier alpha value is -1.17. The Labute approximate surface area is 113 Å². The first-order chi connectivity index (χ1) is 9.16. The molecule has 0 radical (unpaired) electrons. The van der Waals surface area contributed by atoms with Gasteiger partial charge in [0.15, 0.2) is 11.6 Å². The number of aliphatic hydroxyl groups excluding tert-OH is 1. The summed E-state index contributed by atoms with van der Waals surface area (Å²) >= 11 is 0. The summed E-state index contributed by atoms with van der Waals surface area (Å²) in [5.74, 6) is -0.142. The van der Waals surface area contributed by atoms with Crippen LogP contribution in [0, 0.1) is 12.7 Å². The number of aryl methyl sites for hydroxylation is 1. The van der Waals surface area contributed by atoms with Crippen LogP contribution in [-0.2, 0) is 0 Å². The molecule has 19 heavy (non-hydrogen) atoms. The molecule has 2 N–H and O–H groups in total. The van der Waals surface area contributed by atoms with E-state index in [0.717, 1.165) is 26.2 Å². The lowest BCUT2D eigenvalue weighted by molar-refractivity contribution is 0.0628. The summed E-state index contributed by atoms with van der Waals surface area (Å²) in [7, 11) is 0. The first-order valence-corrected chi connectivity index (χ1v) is 6.66. The molecule has 0 aromatic heterocycles. The maximum Gasteiger partial charge on any atom is 0.167 e. The van der Waals surface area contributed by atoms with Gasteiger partial charge in [0, 0.05) is 32.7 Å². The molecular weight excluding hydrogens is 247 g/mol. The number of halogens is 1. The van der Waals surface area contributed by atoms with E-state index in [4.69, 9.17) is 4.74 Å². The normalized spacial score (nSPS) is 18.3. The Kier molecular flexibility index (Phi) is 5.13. The van der Waals surface area contributed by atoms with E-state index in [9.17, 15) is 9.50 Å². The zero-order chi connectivity index (χ0) is 13.7. The molecule has 1 atom stereocenters. The van der Waals surface area contributed by atoms with Crippen LogP contribution >= 0.6 is 0 Å². The molecule has 1 unspecified atom stereocenters. The maximum atomic E-state index is 13.7. The van der Waals surface area contributed by atoms with Crippen LogP contribution in [0.2, 0.25) is 0 Å². The summed E-state index contributed by atoms with van der Waals surface area (Å²) in [4.78, 5) is 2.18. The zero-order valence-corrected chi connectivity index (χ0v) is 11.2. The Morgan fingerprint density at radius 3 is 2.89 bits per heavy atom. The lowest BCUT2D eigenvalue weighted by Gasteiger charge is -2.29. The average molecular weight is 268 g/mol. The number of ether oxygens (including phenoxy) is 1. The Bertz CT molecular complexity index is 408. The van der Waals surface area contributed by atoms with Gasteiger partial charge in [0.1, 0.15) is 12.7 Å². The Morgan fingerprint density at radius 2 is 2.16 bits per heavy atom. The van der Waals surface area contributed by atoms with Gasteiger partial charge in [-0.25, -0.2) is 4.39 Å². The van der Waals surface area contributed by atoms with Crippen molar-refractivity contribution in [2.75, 3.05) is 39.3 Å². The number of rotatable bonds is 5. The molecular formula is C14H21FN2O2. The van der Waals surface area contributed by atoms with Gasteiger partial charge in [0.25, 0.3) is 0 Å². The lowest BCUT2D eigenvalue weighted by Crippen LogP contribution is -2.47. The molecule has 2 rings (SSSR count). The number of benzene rings is 1. The zero-order valence-electron chi connectivity index (χ0n) is 11.2. The van der Waals surface area contributed by atoms with Crippen molar-refractivity contribution >= 4 is 0 Å². The topological polar surface area (TPSA) is 44.7 Å². The van der Waals surface area contributed by atoms with Crippen LogP contribution in [-0.4, -0.2) is 55.4 Å². The molecule has 1 aliphatic heterocycles. The first-order valence-electron chi connectivity index (χ1n) is 6.66. The minimum atomic E-state index is -0.599. The average Bonchev–Trinajstić information content (AvgIpc) is 2.42. The van der Waals surface area contributed by atoms with Crippen molar-refractivity contribution in [1.29, 1.82) is 0 Å². The molecule has 4 nitrogen and oxygen atoms in total. The largest absolute Gasteiger partial charge is 0.488 e.